The Bertz CT molecular complexity index is 656. The average molecular weight is 299 g/mol. The van der Waals surface area contributed by atoms with Crippen LogP contribution in [0.4, 0.5) is 5.82 Å². The Labute approximate surface area is 131 Å². The number of benzene rings is 1. The van der Waals surface area contributed by atoms with Crippen LogP contribution in [0.3, 0.4) is 0 Å². The van der Waals surface area contributed by atoms with Crippen molar-refractivity contribution in [2.24, 2.45) is 7.05 Å². The Morgan fingerprint density at radius 2 is 1.59 bits per heavy atom. The molecule has 1 aliphatic rings. The number of hydrogen-bond acceptors (Lipinski definition) is 4. The van der Waals surface area contributed by atoms with E-state index in [1.54, 1.807) is 4.68 Å². The largest absolute Gasteiger partial charge is 0.494 e. The highest BCUT2D eigenvalue weighted by Crippen LogP contribution is 2.36. The van der Waals surface area contributed by atoms with Crippen LogP contribution in [0.1, 0.15) is 27.7 Å². The van der Waals surface area contributed by atoms with Gasteiger partial charge < -0.3 is 15.0 Å². The first-order chi connectivity index (χ1) is 10.2. The van der Waals surface area contributed by atoms with Gasteiger partial charge in [-0.3, -0.25) is 4.68 Å². The van der Waals surface area contributed by atoms with Crippen LogP contribution in [0, 0.1) is 0 Å². The molecule has 0 amide bonds. The lowest BCUT2D eigenvalue weighted by atomic mass is 9.79. The molecule has 1 aromatic carbocycles. The highest BCUT2D eigenvalue weighted by molar-refractivity contribution is 6.62. The van der Waals surface area contributed by atoms with Gasteiger partial charge in [0.2, 0.25) is 0 Å². The lowest BCUT2D eigenvalue weighted by Crippen LogP contribution is -2.41. The molecule has 1 fully saturated rings. The van der Waals surface area contributed by atoms with E-state index in [4.69, 9.17) is 15.0 Å². The zero-order valence-corrected chi connectivity index (χ0v) is 13.8. The highest BCUT2D eigenvalue weighted by Gasteiger charge is 2.51. The first-order valence-electron chi connectivity index (χ1n) is 7.45. The molecule has 1 aromatic heterocycles. The predicted molar refractivity (Wildman–Crippen MR) is 88.8 cm³/mol. The molecule has 0 spiro atoms. The maximum absolute atomic E-state index is 6.06. The predicted octanol–water partition coefficient (Wildman–Crippen LogP) is 1.97. The third-order valence-electron chi connectivity index (χ3n) is 4.65. The van der Waals surface area contributed by atoms with E-state index in [0.29, 0.717) is 5.82 Å². The van der Waals surface area contributed by atoms with Crippen molar-refractivity contribution in [3.8, 4) is 11.3 Å². The number of anilines is 1. The van der Waals surface area contributed by atoms with E-state index >= 15 is 0 Å². The average Bonchev–Trinajstić information content (AvgIpc) is 2.87. The fourth-order valence-electron chi connectivity index (χ4n) is 2.41. The summed E-state index contributed by atoms with van der Waals surface area (Å²) in [4.78, 5) is 0. The van der Waals surface area contributed by atoms with E-state index in [-0.39, 0.29) is 18.3 Å². The van der Waals surface area contributed by atoms with Crippen LogP contribution in [0.15, 0.2) is 30.3 Å². The van der Waals surface area contributed by atoms with Crippen LogP contribution in [0.25, 0.3) is 11.3 Å². The van der Waals surface area contributed by atoms with Crippen LogP contribution in [-0.2, 0) is 16.4 Å². The first-order valence-corrected chi connectivity index (χ1v) is 7.45. The second kappa shape index (κ2) is 4.86. The van der Waals surface area contributed by atoms with Gasteiger partial charge in [-0.15, -0.1) is 0 Å². The molecule has 0 radical (unpaired) electrons. The Kier molecular flexibility index (Phi) is 3.34. The Morgan fingerprint density at radius 3 is 2.05 bits per heavy atom. The van der Waals surface area contributed by atoms with E-state index in [2.05, 4.69) is 32.8 Å². The summed E-state index contributed by atoms with van der Waals surface area (Å²) < 4.78 is 13.8. The van der Waals surface area contributed by atoms with E-state index in [0.717, 1.165) is 16.7 Å². The second-order valence-corrected chi connectivity index (χ2v) is 6.79. The number of nitrogens with zero attached hydrogens (tertiary/aromatic N) is 2. The van der Waals surface area contributed by atoms with Crippen LogP contribution in [0.5, 0.6) is 0 Å². The zero-order chi connectivity index (χ0) is 16.1. The normalized spacial score (nSPS) is 19.6. The lowest BCUT2D eigenvalue weighted by molar-refractivity contribution is 0.00578. The van der Waals surface area contributed by atoms with E-state index < -0.39 is 0 Å². The SMILES string of the molecule is Cn1nc(-c2ccc(B3OC(C)(C)C(C)(C)O3)cc2)cc1N. The standard InChI is InChI=1S/C16H22BN3O2/c1-15(2)16(3,4)22-17(21-15)12-8-6-11(7-9-12)13-10-14(18)20(5)19-13/h6-10H,18H2,1-5H3. The van der Waals surface area contributed by atoms with Crippen molar-refractivity contribution in [2.45, 2.75) is 38.9 Å². The van der Waals surface area contributed by atoms with Gasteiger partial charge in [0, 0.05) is 18.7 Å². The van der Waals surface area contributed by atoms with Crippen LogP contribution >= 0.6 is 0 Å². The molecule has 3 rings (SSSR count). The van der Waals surface area contributed by atoms with Gasteiger partial charge in [-0.25, -0.2) is 0 Å². The minimum Gasteiger partial charge on any atom is -0.399 e. The molecule has 22 heavy (non-hydrogen) atoms. The van der Waals surface area contributed by atoms with Crippen molar-refractivity contribution in [3.63, 3.8) is 0 Å². The molecule has 0 bridgehead atoms. The fourth-order valence-corrected chi connectivity index (χ4v) is 2.41. The molecule has 6 heteroatoms. The number of nitrogens with two attached hydrogens (primary N) is 1. The number of hydrogen-bond donors (Lipinski definition) is 1. The summed E-state index contributed by atoms with van der Waals surface area (Å²) in [5, 5.41) is 4.38. The summed E-state index contributed by atoms with van der Waals surface area (Å²) in [6, 6.07) is 9.93. The Morgan fingerprint density at radius 1 is 1.05 bits per heavy atom. The molecule has 0 unspecified atom stereocenters. The Balaban J connectivity index is 1.84. The summed E-state index contributed by atoms with van der Waals surface area (Å²) in [6.45, 7) is 8.21. The molecule has 0 saturated carbocycles. The van der Waals surface area contributed by atoms with Crippen molar-refractivity contribution in [1.82, 2.24) is 9.78 Å². The second-order valence-electron chi connectivity index (χ2n) is 6.79. The molecule has 1 saturated heterocycles. The first kappa shape index (κ1) is 15.1. The fraction of sp³-hybridized carbons (Fsp3) is 0.438. The summed E-state index contributed by atoms with van der Waals surface area (Å²) in [5.41, 5.74) is 8.06. The monoisotopic (exact) mass is 299 g/mol. The molecule has 2 heterocycles. The van der Waals surface area contributed by atoms with Crippen LogP contribution < -0.4 is 11.2 Å². The number of aryl methyl sites for hydroxylation is 1. The van der Waals surface area contributed by atoms with Crippen molar-refractivity contribution in [1.29, 1.82) is 0 Å². The molecule has 2 N–H and O–H groups in total. The van der Waals surface area contributed by atoms with Crippen LogP contribution in [-0.4, -0.2) is 28.1 Å². The molecule has 116 valence electrons. The van der Waals surface area contributed by atoms with Gasteiger partial charge in [-0.2, -0.15) is 5.10 Å². The van der Waals surface area contributed by atoms with Crippen molar-refractivity contribution >= 4 is 18.4 Å². The topological polar surface area (TPSA) is 62.3 Å². The van der Waals surface area contributed by atoms with Gasteiger partial charge in [-0.05, 0) is 33.2 Å². The van der Waals surface area contributed by atoms with Gasteiger partial charge in [0.05, 0.1) is 16.9 Å². The van der Waals surface area contributed by atoms with E-state index in [1.165, 1.54) is 0 Å². The summed E-state index contributed by atoms with van der Waals surface area (Å²) in [6.07, 6.45) is 0. The zero-order valence-electron chi connectivity index (χ0n) is 13.8. The molecule has 0 aliphatic carbocycles. The smallest absolute Gasteiger partial charge is 0.399 e. The molecule has 1 aliphatic heterocycles. The maximum Gasteiger partial charge on any atom is 0.494 e. The quantitative estimate of drug-likeness (QED) is 0.861. The third kappa shape index (κ3) is 2.42. The van der Waals surface area contributed by atoms with Crippen LogP contribution in [0.2, 0.25) is 0 Å². The summed E-state index contributed by atoms with van der Waals surface area (Å²) in [7, 11) is 1.49. The van der Waals surface area contributed by atoms with Gasteiger partial charge in [0.25, 0.3) is 0 Å². The lowest BCUT2D eigenvalue weighted by Gasteiger charge is -2.32. The maximum atomic E-state index is 6.06. The summed E-state index contributed by atoms with van der Waals surface area (Å²) >= 11 is 0. The van der Waals surface area contributed by atoms with Gasteiger partial charge in [0.15, 0.2) is 0 Å². The number of aromatic nitrogens is 2. The molecule has 5 nitrogen and oxygen atoms in total. The van der Waals surface area contributed by atoms with Gasteiger partial charge in [-0.1, -0.05) is 24.3 Å². The minimum atomic E-state index is -0.340. The number of nitrogen functional groups attached to an aromatic ring is 1. The van der Waals surface area contributed by atoms with Crippen molar-refractivity contribution in [2.75, 3.05) is 5.73 Å². The van der Waals surface area contributed by atoms with Gasteiger partial charge in [0.1, 0.15) is 5.82 Å². The van der Waals surface area contributed by atoms with Crippen molar-refractivity contribution in [3.05, 3.63) is 30.3 Å². The molecular formula is C16H22BN3O2. The van der Waals surface area contributed by atoms with E-state index in [1.807, 2.05) is 37.4 Å². The molecule has 0 atom stereocenters. The van der Waals surface area contributed by atoms with E-state index in [9.17, 15) is 0 Å². The minimum absolute atomic E-state index is 0.328. The summed E-state index contributed by atoms with van der Waals surface area (Å²) in [5.74, 6) is 0.644. The van der Waals surface area contributed by atoms with Gasteiger partial charge >= 0.3 is 7.12 Å². The molecular weight excluding hydrogens is 277 g/mol. The molecule has 2 aromatic rings. The highest BCUT2D eigenvalue weighted by atomic mass is 16.7. The third-order valence-corrected chi connectivity index (χ3v) is 4.65. The Hall–Kier alpha value is -1.79. The van der Waals surface area contributed by atoms with Crippen molar-refractivity contribution < 1.29 is 9.31 Å². The number of rotatable bonds is 2.